The molecule has 0 radical (unpaired) electrons. The zero-order valence-corrected chi connectivity index (χ0v) is 14.1. The summed E-state index contributed by atoms with van der Waals surface area (Å²) >= 11 is 0. The van der Waals surface area contributed by atoms with Crippen LogP contribution in [0.15, 0.2) is 0 Å². The predicted molar refractivity (Wildman–Crippen MR) is 87.0 cm³/mol. The number of nitrogens with one attached hydrogen (secondary N) is 1. The molecule has 21 heavy (non-hydrogen) atoms. The molecule has 0 aromatic carbocycles. The van der Waals surface area contributed by atoms with Crippen LogP contribution in [0.4, 0.5) is 0 Å². The van der Waals surface area contributed by atoms with Crippen molar-refractivity contribution in [2.75, 3.05) is 33.2 Å². The first-order valence-electron chi connectivity index (χ1n) is 8.56. The van der Waals surface area contributed by atoms with Gasteiger partial charge in [-0.25, -0.2) is 0 Å². The van der Waals surface area contributed by atoms with Crippen LogP contribution in [-0.2, 0) is 4.79 Å². The van der Waals surface area contributed by atoms with Gasteiger partial charge in [-0.15, -0.1) is 0 Å². The summed E-state index contributed by atoms with van der Waals surface area (Å²) in [6, 6.07) is 0. The average Bonchev–Trinajstić information content (AvgIpc) is 2.49. The minimum Gasteiger partial charge on any atom is -0.355 e. The SMILES string of the molecule is CC1CCC(CN)(C(=O)NCC2(C)CCN(C)CC2)CC1. The van der Waals surface area contributed by atoms with Crippen molar-refractivity contribution in [2.24, 2.45) is 22.5 Å². The Morgan fingerprint density at radius 1 is 1.24 bits per heavy atom. The molecule has 0 bridgehead atoms. The zero-order valence-electron chi connectivity index (χ0n) is 14.1. The van der Waals surface area contributed by atoms with E-state index in [1.54, 1.807) is 0 Å². The molecular weight excluding hydrogens is 262 g/mol. The van der Waals surface area contributed by atoms with E-state index in [1.165, 1.54) is 0 Å². The Hall–Kier alpha value is -0.610. The standard InChI is InChI=1S/C17H33N3O/c1-14-4-6-17(12-18,7-5-14)15(21)19-13-16(2)8-10-20(3)11-9-16/h14H,4-13,18H2,1-3H3,(H,19,21). The summed E-state index contributed by atoms with van der Waals surface area (Å²) in [5, 5.41) is 3.25. The third-order valence-corrected chi connectivity index (χ3v) is 5.97. The van der Waals surface area contributed by atoms with E-state index in [4.69, 9.17) is 5.73 Å². The summed E-state index contributed by atoms with van der Waals surface area (Å²) in [5.74, 6) is 0.945. The van der Waals surface area contributed by atoms with Crippen LogP contribution in [0.25, 0.3) is 0 Å². The summed E-state index contributed by atoms with van der Waals surface area (Å²) in [5.41, 5.74) is 5.93. The van der Waals surface area contributed by atoms with Crippen LogP contribution in [0.2, 0.25) is 0 Å². The van der Waals surface area contributed by atoms with E-state index in [2.05, 4.69) is 31.1 Å². The number of carbonyl (C=O) groups is 1. The van der Waals surface area contributed by atoms with Crippen LogP contribution in [0, 0.1) is 16.7 Å². The average molecular weight is 295 g/mol. The fourth-order valence-corrected chi connectivity index (χ4v) is 3.65. The van der Waals surface area contributed by atoms with Gasteiger partial charge in [0.2, 0.25) is 5.91 Å². The molecule has 3 N–H and O–H groups in total. The third-order valence-electron chi connectivity index (χ3n) is 5.97. The number of amides is 1. The van der Waals surface area contributed by atoms with Crippen LogP contribution in [0.1, 0.15) is 52.4 Å². The maximum Gasteiger partial charge on any atom is 0.227 e. The van der Waals surface area contributed by atoms with E-state index in [9.17, 15) is 4.79 Å². The van der Waals surface area contributed by atoms with E-state index in [0.29, 0.717) is 6.54 Å². The Morgan fingerprint density at radius 2 is 1.81 bits per heavy atom. The van der Waals surface area contributed by atoms with Crippen molar-refractivity contribution in [2.45, 2.75) is 52.4 Å². The van der Waals surface area contributed by atoms with Crippen LogP contribution < -0.4 is 11.1 Å². The second-order valence-corrected chi connectivity index (χ2v) is 7.96. The highest BCUT2D eigenvalue weighted by Gasteiger charge is 2.40. The Kier molecular flexibility index (Phi) is 5.31. The number of hydrogen-bond acceptors (Lipinski definition) is 3. The molecule has 1 saturated carbocycles. The Bertz CT molecular complexity index is 353. The Labute approximate surface area is 129 Å². The number of carbonyl (C=O) groups excluding carboxylic acids is 1. The van der Waals surface area contributed by atoms with Gasteiger partial charge in [0, 0.05) is 13.1 Å². The summed E-state index contributed by atoms with van der Waals surface area (Å²) in [7, 11) is 2.17. The molecule has 2 rings (SSSR count). The van der Waals surface area contributed by atoms with E-state index < -0.39 is 0 Å². The molecule has 0 spiro atoms. The molecule has 2 fully saturated rings. The van der Waals surface area contributed by atoms with Gasteiger partial charge in [0.15, 0.2) is 0 Å². The summed E-state index contributed by atoms with van der Waals surface area (Å²) in [6.07, 6.45) is 6.50. The second kappa shape index (κ2) is 6.66. The highest BCUT2D eigenvalue weighted by atomic mass is 16.2. The van der Waals surface area contributed by atoms with Gasteiger partial charge in [0.25, 0.3) is 0 Å². The molecule has 0 aromatic rings. The van der Waals surface area contributed by atoms with Crippen LogP contribution in [0.5, 0.6) is 0 Å². The summed E-state index contributed by atoms with van der Waals surface area (Å²) < 4.78 is 0. The van der Waals surface area contributed by atoms with Crippen molar-refractivity contribution in [1.29, 1.82) is 0 Å². The number of likely N-dealkylation sites (tertiary alicyclic amines) is 1. The van der Waals surface area contributed by atoms with Crippen molar-refractivity contribution in [3.63, 3.8) is 0 Å². The number of nitrogens with two attached hydrogens (primary N) is 1. The molecule has 4 heteroatoms. The van der Waals surface area contributed by atoms with Gasteiger partial charge in [-0.2, -0.15) is 0 Å². The smallest absolute Gasteiger partial charge is 0.227 e. The van der Waals surface area contributed by atoms with Gasteiger partial charge < -0.3 is 16.0 Å². The molecule has 0 aromatic heterocycles. The van der Waals surface area contributed by atoms with Gasteiger partial charge in [-0.3, -0.25) is 4.79 Å². The monoisotopic (exact) mass is 295 g/mol. The predicted octanol–water partition coefficient (Wildman–Crippen LogP) is 1.99. The number of hydrogen-bond donors (Lipinski definition) is 2. The first kappa shape index (κ1) is 16.8. The van der Waals surface area contributed by atoms with E-state index in [-0.39, 0.29) is 16.7 Å². The van der Waals surface area contributed by atoms with E-state index in [0.717, 1.165) is 64.1 Å². The van der Waals surface area contributed by atoms with Crippen molar-refractivity contribution in [3.8, 4) is 0 Å². The molecule has 1 heterocycles. The lowest BCUT2D eigenvalue weighted by Crippen LogP contribution is -2.51. The highest BCUT2D eigenvalue weighted by Crippen LogP contribution is 2.38. The molecule has 0 unspecified atom stereocenters. The van der Waals surface area contributed by atoms with E-state index in [1.807, 2.05) is 0 Å². The summed E-state index contributed by atoms with van der Waals surface area (Å²) in [6.45, 7) is 8.13. The maximum absolute atomic E-state index is 12.7. The maximum atomic E-state index is 12.7. The normalized spacial score (nSPS) is 33.6. The Balaban J connectivity index is 1.88. The quantitative estimate of drug-likeness (QED) is 0.834. The second-order valence-electron chi connectivity index (χ2n) is 7.96. The van der Waals surface area contributed by atoms with Crippen molar-refractivity contribution in [1.82, 2.24) is 10.2 Å². The van der Waals surface area contributed by atoms with Gasteiger partial charge >= 0.3 is 0 Å². The molecule has 1 saturated heterocycles. The molecule has 2 aliphatic rings. The first-order valence-corrected chi connectivity index (χ1v) is 8.56. The van der Waals surface area contributed by atoms with Crippen LogP contribution in [-0.4, -0.2) is 44.0 Å². The molecule has 1 aliphatic carbocycles. The first-order chi connectivity index (χ1) is 9.89. The molecule has 0 atom stereocenters. The minimum absolute atomic E-state index is 0.206. The lowest BCUT2D eigenvalue weighted by molar-refractivity contribution is -0.133. The van der Waals surface area contributed by atoms with Crippen molar-refractivity contribution < 1.29 is 4.79 Å². The van der Waals surface area contributed by atoms with Gasteiger partial charge in [0.1, 0.15) is 0 Å². The minimum atomic E-state index is -0.297. The van der Waals surface area contributed by atoms with Crippen molar-refractivity contribution >= 4 is 5.91 Å². The molecule has 4 nitrogen and oxygen atoms in total. The highest BCUT2D eigenvalue weighted by molar-refractivity contribution is 5.83. The van der Waals surface area contributed by atoms with Crippen LogP contribution >= 0.6 is 0 Å². The summed E-state index contributed by atoms with van der Waals surface area (Å²) in [4.78, 5) is 15.1. The van der Waals surface area contributed by atoms with Gasteiger partial charge in [0.05, 0.1) is 5.41 Å². The fourth-order valence-electron chi connectivity index (χ4n) is 3.65. The Morgan fingerprint density at radius 3 is 2.33 bits per heavy atom. The van der Waals surface area contributed by atoms with Crippen LogP contribution in [0.3, 0.4) is 0 Å². The number of rotatable bonds is 4. The molecule has 1 aliphatic heterocycles. The number of piperidine rings is 1. The van der Waals surface area contributed by atoms with Crippen molar-refractivity contribution in [3.05, 3.63) is 0 Å². The lowest BCUT2D eigenvalue weighted by atomic mass is 9.70. The lowest BCUT2D eigenvalue weighted by Gasteiger charge is -2.41. The zero-order chi connectivity index (χ0) is 15.5. The third kappa shape index (κ3) is 3.98. The topological polar surface area (TPSA) is 58.4 Å². The molecular formula is C17H33N3O. The van der Waals surface area contributed by atoms with Gasteiger partial charge in [-0.1, -0.05) is 13.8 Å². The fraction of sp³-hybridized carbons (Fsp3) is 0.941. The number of nitrogens with zero attached hydrogens (tertiary/aromatic N) is 1. The molecule has 1 amide bonds. The molecule has 122 valence electrons. The largest absolute Gasteiger partial charge is 0.355 e. The van der Waals surface area contributed by atoms with Gasteiger partial charge in [-0.05, 0) is 70.0 Å². The van der Waals surface area contributed by atoms with E-state index >= 15 is 0 Å².